The number of carbonyl (C=O) groups is 2. The van der Waals surface area contributed by atoms with Gasteiger partial charge in [0.2, 0.25) is 17.8 Å². The number of hydrogen-bond donors (Lipinski definition) is 5. The van der Waals surface area contributed by atoms with E-state index < -0.39 is 26.9 Å². The van der Waals surface area contributed by atoms with E-state index in [4.69, 9.17) is 23.3 Å². The predicted molar refractivity (Wildman–Crippen MR) is 256 cm³/mol. The van der Waals surface area contributed by atoms with Crippen molar-refractivity contribution in [1.29, 1.82) is 0 Å². The number of amides is 2. The molecule has 0 aliphatic rings. The number of anilines is 5. The Bertz CT molecular complexity index is 1740. The van der Waals surface area contributed by atoms with Gasteiger partial charge in [-0.15, -0.1) is 10.3 Å². The Labute approximate surface area is 359 Å². The monoisotopic (exact) mass is 869 g/mol. The van der Waals surface area contributed by atoms with Crippen molar-refractivity contribution in [3.05, 3.63) is 59.7 Å². The third-order valence-electron chi connectivity index (χ3n) is 8.52. The molecule has 2 amide bonds. The zero-order chi connectivity index (χ0) is 44.7. The molecule has 1 unspecified atom stereocenters. The average Bonchev–Trinajstić information content (AvgIpc) is 3.02. The van der Waals surface area contributed by atoms with Crippen LogP contribution >= 0.6 is 10.3 Å². The Hall–Kier alpha value is -3.51. The lowest BCUT2D eigenvalue weighted by atomic mass is 9.81. The van der Waals surface area contributed by atoms with Crippen molar-refractivity contribution in [3.8, 4) is 0 Å². The van der Waals surface area contributed by atoms with Gasteiger partial charge in [0.05, 0.1) is 5.94 Å². The third kappa shape index (κ3) is 19.6. The van der Waals surface area contributed by atoms with Crippen LogP contribution in [-0.4, -0.2) is 79.0 Å². The molecule has 0 bridgehead atoms. The van der Waals surface area contributed by atoms with Gasteiger partial charge in [-0.25, -0.2) is 0 Å². The first-order chi connectivity index (χ1) is 26.8. The van der Waals surface area contributed by atoms with Crippen molar-refractivity contribution in [2.45, 2.75) is 139 Å². The van der Waals surface area contributed by atoms with E-state index in [1.165, 1.54) is 0 Å². The summed E-state index contributed by atoms with van der Waals surface area (Å²) in [5.74, 6) is 2.34. The van der Waals surface area contributed by atoms with E-state index in [-0.39, 0.29) is 33.7 Å². The molecule has 0 spiro atoms. The second-order valence-electron chi connectivity index (χ2n) is 21.6. The van der Waals surface area contributed by atoms with Gasteiger partial charge >= 0.3 is 0 Å². The highest BCUT2D eigenvalue weighted by Crippen LogP contribution is 2.49. The maximum absolute atomic E-state index is 13.2. The molecule has 330 valence electrons. The van der Waals surface area contributed by atoms with Gasteiger partial charge in [-0.2, -0.15) is 15.0 Å². The highest BCUT2D eigenvalue weighted by atomic mass is 32.3. The fourth-order valence-corrected chi connectivity index (χ4v) is 16.0. The topological polar surface area (TPSA) is 151 Å². The molecular formula is C44H76N8O4SSi2. The molecule has 59 heavy (non-hydrogen) atoms. The smallest absolute Gasteiger partial charge is 0.251 e. The maximum Gasteiger partial charge on any atom is 0.251 e. The maximum atomic E-state index is 13.2. The highest BCUT2D eigenvalue weighted by molar-refractivity contribution is 8.29. The summed E-state index contributed by atoms with van der Waals surface area (Å²) in [5, 5.41) is 16.4. The van der Waals surface area contributed by atoms with Crippen LogP contribution in [0.5, 0.6) is 0 Å². The third-order valence-corrected chi connectivity index (χ3v) is 15.1. The van der Waals surface area contributed by atoms with Gasteiger partial charge in [-0.05, 0) is 152 Å². The van der Waals surface area contributed by atoms with E-state index >= 15 is 0 Å². The van der Waals surface area contributed by atoms with Gasteiger partial charge in [0.1, 0.15) is 0 Å². The molecule has 15 heteroatoms. The second kappa shape index (κ2) is 19.5. The molecule has 0 saturated carbocycles. The molecule has 0 fully saturated rings. The van der Waals surface area contributed by atoms with Crippen molar-refractivity contribution in [2.75, 3.05) is 40.4 Å². The predicted octanol–water partition coefficient (Wildman–Crippen LogP) is 11.1. The summed E-state index contributed by atoms with van der Waals surface area (Å²) in [7, 11) is -4.96. The number of aromatic nitrogens is 3. The average molecular weight is 869 g/mol. The molecule has 3 aromatic rings. The molecule has 5 N–H and O–H groups in total. The van der Waals surface area contributed by atoms with Crippen LogP contribution in [-0.2, 0) is 8.30 Å². The van der Waals surface area contributed by atoms with Crippen molar-refractivity contribution in [3.63, 3.8) is 0 Å². The molecular weight excluding hydrogens is 793 g/mol. The molecule has 1 heterocycles. The molecule has 12 nitrogen and oxygen atoms in total. The zero-order valence-corrected chi connectivity index (χ0v) is 42.1. The summed E-state index contributed by atoms with van der Waals surface area (Å²) >= 11 is 0. The lowest BCUT2D eigenvalue weighted by Crippen LogP contribution is -2.45. The summed E-state index contributed by atoms with van der Waals surface area (Å²) in [6.07, 6.45) is 4.76. The van der Waals surface area contributed by atoms with Gasteiger partial charge in [-0.1, -0.05) is 41.5 Å². The molecule has 0 aliphatic carbocycles. The number of nitrogens with zero attached hydrogens (tertiary/aromatic N) is 3. The van der Waals surface area contributed by atoms with Crippen LogP contribution in [0.2, 0.25) is 39.3 Å². The first-order valence-corrected chi connectivity index (χ1v) is 29.9. The van der Waals surface area contributed by atoms with Crippen LogP contribution in [0.3, 0.4) is 0 Å². The van der Waals surface area contributed by atoms with Crippen LogP contribution in [0, 0.1) is 10.8 Å². The highest BCUT2D eigenvalue weighted by Gasteiger charge is 2.31. The van der Waals surface area contributed by atoms with Gasteiger partial charge in [0, 0.05) is 45.9 Å². The van der Waals surface area contributed by atoms with Gasteiger partial charge in [-0.3, -0.25) is 9.59 Å². The van der Waals surface area contributed by atoms with E-state index in [9.17, 15) is 9.59 Å². The molecule has 0 saturated heterocycles. The van der Waals surface area contributed by atoms with Crippen LogP contribution in [0.15, 0.2) is 48.5 Å². The Morgan fingerprint density at radius 1 is 0.610 bits per heavy atom. The van der Waals surface area contributed by atoms with Crippen LogP contribution < -0.4 is 26.6 Å². The summed E-state index contributed by atoms with van der Waals surface area (Å²) in [6, 6.07) is 14.5. The molecule has 0 radical (unpaired) electrons. The number of benzene rings is 2. The lowest BCUT2D eigenvalue weighted by Gasteiger charge is -2.42. The first-order valence-electron chi connectivity index (χ1n) is 20.8. The zero-order valence-electron chi connectivity index (χ0n) is 39.2. The van der Waals surface area contributed by atoms with Crippen LogP contribution in [0.25, 0.3) is 0 Å². The van der Waals surface area contributed by atoms with E-state index in [2.05, 4.69) is 141 Å². The summed E-state index contributed by atoms with van der Waals surface area (Å²) in [5.41, 5.74) is 2.00. The van der Waals surface area contributed by atoms with E-state index in [1.54, 1.807) is 24.3 Å². The number of rotatable bonds is 20. The molecule has 3 rings (SSSR count). The number of nitrogens with one attached hydrogen (secondary N) is 5. The van der Waals surface area contributed by atoms with Crippen molar-refractivity contribution in [2.24, 2.45) is 10.8 Å². The van der Waals surface area contributed by atoms with Crippen molar-refractivity contribution < 1.29 is 17.9 Å². The minimum Gasteiger partial charge on any atom is -0.408 e. The standard InChI is InChI=1S/C44H76N8O4SSi2/c1-41(2,3)29-43(7,8)51-36(53)32-19-23-34(24-20-32)46-39-48-38(45-27-18-28-57(11,56-59(15,16)17)31-55-58(12,13)14)49-40(50-39)47-35-25-21-33(22-26-35)37(54)52-44(9,10)30-42(4,5)6/h19-26H,18,27-31H2,1-17H3,(H,51,53)(H,52,54)(H3,45,46,47,48,49,50). The fourth-order valence-electron chi connectivity index (χ4n) is 7.34. The SMILES string of the molecule is CC(C)(C)CC(C)(C)NC(=O)c1ccc(Nc2nc(NCCCS(C)(CO[Si](C)(C)C)O[Si](C)(C)C)nc(Nc3ccc(C(=O)NC(C)(C)CC(C)(C)C)cc3)n2)cc1. The largest absolute Gasteiger partial charge is 0.408 e. The van der Waals surface area contributed by atoms with Gasteiger partial charge in [0.25, 0.3) is 11.8 Å². The van der Waals surface area contributed by atoms with Crippen molar-refractivity contribution in [1.82, 2.24) is 25.6 Å². The minimum absolute atomic E-state index is 0.0751. The Morgan fingerprint density at radius 2 is 1.00 bits per heavy atom. The molecule has 0 aliphatic heterocycles. The summed E-state index contributed by atoms with van der Waals surface area (Å²) in [4.78, 5) is 40.5. The van der Waals surface area contributed by atoms with Gasteiger partial charge in [0.15, 0.2) is 16.6 Å². The summed E-state index contributed by atoms with van der Waals surface area (Å²) < 4.78 is 13.1. The molecule has 1 aromatic heterocycles. The Balaban J connectivity index is 1.82. The van der Waals surface area contributed by atoms with Crippen LogP contribution in [0.4, 0.5) is 29.2 Å². The second-order valence-corrected chi connectivity index (χ2v) is 34.0. The first kappa shape index (κ1) is 49.9. The lowest BCUT2D eigenvalue weighted by molar-refractivity contribution is 0.0881. The number of carbonyl (C=O) groups excluding carboxylic acids is 2. The number of hydrogen-bond acceptors (Lipinski definition) is 10. The molecule has 1 atom stereocenters. The van der Waals surface area contributed by atoms with E-state index in [0.29, 0.717) is 52.8 Å². The van der Waals surface area contributed by atoms with Crippen LogP contribution in [0.1, 0.15) is 109 Å². The minimum atomic E-state index is -1.80. The summed E-state index contributed by atoms with van der Waals surface area (Å²) in [6.45, 7) is 35.2. The fraction of sp³-hybridized carbons (Fsp3) is 0.614. The van der Waals surface area contributed by atoms with E-state index in [0.717, 1.165) is 25.0 Å². The quantitative estimate of drug-likeness (QED) is 0.0548. The van der Waals surface area contributed by atoms with Crippen molar-refractivity contribution >= 4 is 68.0 Å². The van der Waals surface area contributed by atoms with E-state index in [1.807, 2.05) is 24.3 Å². The molecule has 2 aromatic carbocycles. The van der Waals surface area contributed by atoms with Gasteiger partial charge < -0.3 is 34.9 Å². The normalized spacial score (nSPS) is 14.5. The Kier molecular flexibility index (Phi) is 16.5. The Morgan fingerprint density at radius 3 is 1.36 bits per heavy atom.